The van der Waals surface area contributed by atoms with Crippen LogP contribution in [0.1, 0.15) is 41.5 Å². The van der Waals surface area contributed by atoms with E-state index >= 15 is 0 Å². The van der Waals surface area contributed by atoms with Gasteiger partial charge in [0, 0.05) is 0 Å². The summed E-state index contributed by atoms with van der Waals surface area (Å²) in [6, 6.07) is 0. The molecule has 0 fully saturated rings. The Morgan fingerprint density at radius 3 is 1.00 bits per heavy atom. The van der Waals surface area contributed by atoms with Gasteiger partial charge in [-0.2, -0.15) is 0 Å². The Hall–Kier alpha value is 0.753. The van der Waals surface area contributed by atoms with Gasteiger partial charge < -0.3 is 0 Å². The van der Waals surface area contributed by atoms with E-state index in [2.05, 4.69) is 41.5 Å². The summed E-state index contributed by atoms with van der Waals surface area (Å²) in [6.45, 7) is 13.8. The molecule has 56 valence electrons. The third kappa shape index (κ3) is 3.24. The van der Waals surface area contributed by atoms with Crippen LogP contribution in [0.4, 0.5) is 0 Å². The minimum atomic E-state index is 0.399. The molecular formula is C9H18Zr+2. The first-order valence-electron chi connectivity index (χ1n) is 3.75. The minimum absolute atomic E-state index is 0.399. The zero-order valence-electron chi connectivity index (χ0n) is 8.00. The molecule has 0 spiro atoms. The van der Waals surface area contributed by atoms with Gasteiger partial charge in [-0.15, -0.1) is 0 Å². The van der Waals surface area contributed by atoms with Crippen LogP contribution in [0, 0.1) is 10.8 Å². The van der Waals surface area contributed by atoms with Crippen LogP contribution in [-0.2, 0) is 24.2 Å². The Bertz CT molecular complexity index is 116. The van der Waals surface area contributed by atoms with Gasteiger partial charge in [-0.05, 0) is 0 Å². The van der Waals surface area contributed by atoms with Gasteiger partial charge in [0.05, 0.1) is 0 Å². The normalized spacial score (nSPS) is 13.6. The fourth-order valence-corrected chi connectivity index (χ4v) is 1.12. The summed E-state index contributed by atoms with van der Waals surface area (Å²) in [5.74, 6) is 0. The van der Waals surface area contributed by atoms with Crippen LogP contribution in [0.3, 0.4) is 0 Å². The van der Waals surface area contributed by atoms with E-state index in [0.717, 1.165) is 0 Å². The van der Waals surface area contributed by atoms with Crippen molar-refractivity contribution >= 4 is 3.21 Å². The van der Waals surface area contributed by atoms with Gasteiger partial charge in [-0.1, -0.05) is 0 Å². The van der Waals surface area contributed by atoms with E-state index < -0.39 is 0 Å². The summed E-state index contributed by atoms with van der Waals surface area (Å²) in [5, 5.41) is 0. The molecule has 0 saturated carbocycles. The summed E-state index contributed by atoms with van der Waals surface area (Å²) in [7, 11) is 0. The van der Waals surface area contributed by atoms with Crippen molar-refractivity contribution in [3.63, 3.8) is 0 Å². The van der Waals surface area contributed by atoms with Gasteiger partial charge in [0.2, 0.25) is 0 Å². The summed E-state index contributed by atoms with van der Waals surface area (Å²) >= 11 is 1.59. The van der Waals surface area contributed by atoms with Gasteiger partial charge in [0.15, 0.2) is 0 Å². The molecule has 0 unspecified atom stereocenters. The molecule has 0 N–H and O–H groups in total. The quantitative estimate of drug-likeness (QED) is 0.585. The summed E-state index contributed by atoms with van der Waals surface area (Å²) in [4.78, 5) is 0. The molecule has 0 aromatic rings. The standard InChI is InChI=1S/C9H18.Zr/c1-8(2,3)7-9(4,5)6;/h1-6H3;/q;+2. The first-order chi connectivity index (χ1) is 4.15. The molecule has 0 aliphatic heterocycles. The van der Waals surface area contributed by atoms with E-state index in [1.54, 1.807) is 27.4 Å². The second-order valence-electron chi connectivity index (χ2n) is 4.88. The predicted octanol–water partition coefficient (Wildman–Crippen LogP) is 2.80. The Kier molecular flexibility index (Phi) is 3.24. The molecule has 0 aromatic heterocycles. The van der Waals surface area contributed by atoms with Gasteiger partial charge in [-0.3, -0.25) is 0 Å². The zero-order valence-corrected chi connectivity index (χ0v) is 10.5. The van der Waals surface area contributed by atoms with Crippen LogP contribution in [0.5, 0.6) is 0 Å². The van der Waals surface area contributed by atoms with Crippen molar-refractivity contribution in [2.24, 2.45) is 10.8 Å². The Labute approximate surface area is 79.7 Å². The molecule has 0 aliphatic carbocycles. The molecule has 0 radical (unpaired) electrons. The Morgan fingerprint density at radius 1 is 0.800 bits per heavy atom. The number of rotatable bonds is 0. The fourth-order valence-electron chi connectivity index (χ4n) is 1.12. The van der Waals surface area contributed by atoms with Crippen molar-refractivity contribution in [1.29, 1.82) is 0 Å². The molecular weight excluding hydrogens is 199 g/mol. The van der Waals surface area contributed by atoms with Crippen LogP contribution in [-0.4, -0.2) is 3.21 Å². The first-order valence-corrected chi connectivity index (χ1v) is 4.98. The summed E-state index contributed by atoms with van der Waals surface area (Å²) in [6.07, 6.45) is 0. The molecule has 10 heavy (non-hydrogen) atoms. The van der Waals surface area contributed by atoms with Crippen LogP contribution < -0.4 is 0 Å². The topological polar surface area (TPSA) is 0 Å². The van der Waals surface area contributed by atoms with Crippen LogP contribution in [0.25, 0.3) is 0 Å². The van der Waals surface area contributed by atoms with Crippen molar-refractivity contribution in [3.05, 3.63) is 0 Å². The average Bonchev–Trinajstić information content (AvgIpc) is 1.59. The van der Waals surface area contributed by atoms with E-state index in [0.29, 0.717) is 10.8 Å². The van der Waals surface area contributed by atoms with Crippen molar-refractivity contribution in [2.45, 2.75) is 41.5 Å². The van der Waals surface area contributed by atoms with Crippen molar-refractivity contribution in [3.8, 4) is 0 Å². The van der Waals surface area contributed by atoms with Gasteiger partial charge in [0.25, 0.3) is 0 Å². The summed E-state index contributed by atoms with van der Waals surface area (Å²) in [5.41, 5.74) is 0.799. The zero-order chi connectivity index (χ0) is 8.58. The molecule has 0 saturated heterocycles. The molecule has 1 heteroatoms. The second kappa shape index (κ2) is 3.01. The van der Waals surface area contributed by atoms with E-state index in [4.69, 9.17) is 0 Å². The predicted molar refractivity (Wildman–Crippen MR) is 43.9 cm³/mol. The maximum atomic E-state index is 2.29. The van der Waals surface area contributed by atoms with Crippen molar-refractivity contribution in [1.82, 2.24) is 0 Å². The van der Waals surface area contributed by atoms with E-state index in [-0.39, 0.29) is 0 Å². The number of hydrogen-bond donors (Lipinski definition) is 0. The third-order valence-electron chi connectivity index (χ3n) is 1.50. The molecule has 0 aromatic carbocycles. The molecule has 0 aliphatic rings. The maximum absolute atomic E-state index is 2.29. The summed E-state index contributed by atoms with van der Waals surface area (Å²) < 4.78 is 1.66. The van der Waals surface area contributed by atoms with E-state index in [1.807, 2.05) is 0 Å². The van der Waals surface area contributed by atoms with Crippen LogP contribution in [0.15, 0.2) is 0 Å². The SMILES string of the molecule is CC(C)(C)[C](=[Zr+2])C(C)(C)C. The van der Waals surface area contributed by atoms with Crippen molar-refractivity contribution < 1.29 is 24.2 Å². The van der Waals surface area contributed by atoms with Gasteiger partial charge in [-0.25, -0.2) is 0 Å². The number of hydrogen-bond acceptors (Lipinski definition) is 0. The van der Waals surface area contributed by atoms with Gasteiger partial charge >= 0.3 is 79.8 Å². The Balaban J connectivity index is 4.40. The molecule has 0 heterocycles. The molecule has 0 atom stereocenters. The van der Waals surface area contributed by atoms with E-state index in [1.165, 1.54) is 0 Å². The molecule has 0 bridgehead atoms. The average molecular weight is 217 g/mol. The Morgan fingerprint density at radius 2 is 1.00 bits per heavy atom. The molecule has 0 nitrogen and oxygen atoms in total. The van der Waals surface area contributed by atoms with Gasteiger partial charge in [0.1, 0.15) is 0 Å². The monoisotopic (exact) mass is 216 g/mol. The van der Waals surface area contributed by atoms with Crippen molar-refractivity contribution in [2.75, 3.05) is 0 Å². The first kappa shape index (κ1) is 10.8. The fraction of sp³-hybridized carbons (Fsp3) is 0.889. The van der Waals surface area contributed by atoms with E-state index in [9.17, 15) is 0 Å². The second-order valence-corrected chi connectivity index (χ2v) is 6.10. The molecule has 0 rings (SSSR count). The third-order valence-corrected chi connectivity index (χ3v) is 5.19. The molecule has 0 amide bonds. The van der Waals surface area contributed by atoms with Crippen LogP contribution in [0.2, 0.25) is 0 Å². The van der Waals surface area contributed by atoms with Crippen LogP contribution >= 0.6 is 0 Å².